The molecule has 0 bridgehead atoms. The molecule has 316 valence electrons. The number of hydrogen-bond acceptors (Lipinski definition) is 10. The Morgan fingerprint density at radius 2 is 1.40 bits per heavy atom. The molecule has 2 N–H and O–H groups in total. The number of aromatic nitrogens is 1. The first-order chi connectivity index (χ1) is 29.2. The topological polar surface area (TPSA) is 153 Å². The largest absolute Gasteiger partial charge is 0.494 e. The highest BCUT2D eigenvalue weighted by Crippen LogP contribution is 2.32. The van der Waals surface area contributed by atoms with Crippen LogP contribution in [-0.4, -0.2) is 71.7 Å². The minimum absolute atomic E-state index is 0.0613. The van der Waals surface area contributed by atoms with E-state index >= 15 is 0 Å². The molecule has 12 nitrogen and oxygen atoms in total. The second kappa shape index (κ2) is 21.9. The number of imide groups is 2. The fourth-order valence-electron chi connectivity index (χ4n) is 7.63. The third kappa shape index (κ3) is 11.9. The molecule has 1 aromatic heterocycles. The number of ether oxygens (including phenoxy) is 3. The van der Waals surface area contributed by atoms with Crippen molar-refractivity contribution >= 4 is 35.1 Å². The van der Waals surface area contributed by atoms with Crippen molar-refractivity contribution in [1.29, 1.82) is 0 Å². The van der Waals surface area contributed by atoms with Crippen LogP contribution in [0.15, 0.2) is 85.1 Å². The van der Waals surface area contributed by atoms with E-state index in [2.05, 4.69) is 58.9 Å². The number of hydrogen-bond donors (Lipinski definition) is 2. The Morgan fingerprint density at radius 1 is 0.767 bits per heavy atom. The summed E-state index contributed by atoms with van der Waals surface area (Å²) in [4.78, 5) is 66.4. The summed E-state index contributed by atoms with van der Waals surface area (Å²) >= 11 is 0. The van der Waals surface area contributed by atoms with E-state index in [9.17, 15) is 24.0 Å². The van der Waals surface area contributed by atoms with Gasteiger partial charge in [0.05, 0.1) is 17.7 Å². The van der Waals surface area contributed by atoms with Gasteiger partial charge in [0, 0.05) is 50.9 Å². The maximum atomic E-state index is 13.0. The van der Waals surface area contributed by atoms with E-state index in [-0.39, 0.29) is 35.7 Å². The van der Waals surface area contributed by atoms with Gasteiger partial charge in [0.15, 0.2) is 5.78 Å². The normalized spacial score (nSPS) is 15.4. The van der Waals surface area contributed by atoms with E-state index in [1.165, 1.54) is 30.9 Å². The Labute approximate surface area is 352 Å². The molecule has 60 heavy (non-hydrogen) atoms. The van der Waals surface area contributed by atoms with Crippen molar-refractivity contribution in [3.63, 3.8) is 0 Å². The highest BCUT2D eigenvalue weighted by Gasteiger charge is 2.44. The van der Waals surface area contributed by atoms with E-state index in [4.69, 9.17) is 14.2 Å². The summed E-state index contributed by atoms with van der Waals surface area (Å²) in [7, 11) is 0. The van der Waals surface area contributed by atoms with E-state index in [0.29, 0.717) is 32.1 Å². The zero-order chi connectivity index (χ0) is 42.3. The van der Waals surface area contributed by atoms with Crippen LogP contribution in [-0.2, 0) is 20.9 Å². The first kappa shape index (κ1) is 43.7. The Kier molecular flexibility index (Phi) is 16.0. The summed E-state index contributed by atoms with van der Waals surface area (Å²) in [6.45, 7) is 6.94. The number of piperidine rings is 1. The number of fused-ring (bicyclic) bond motifs is 1. The zero-order valence-corrected chi connectivity index (χ0v) is 34.7. The second-order valence-electron chi connectivity index (χ2n) is 15.4. The molecule has 3 aromatic carbocycles. The highest BCUT2D eigenvalue weighted by molar-refractivity contribution is 6.23. The van der Waals surface area contributed by atoms with Crippen molar-refractivity contribution in [2.45, 2.75) is 103 Å². The van der Waals surface area contributed by atoms with E-state index < -0.39 is 29.7 Å². The number of pyridine rings is 1. The maximum absolute atomic E-state index is 13.0. The number of ketones is 1. The van der Waals surface area contributed by atoms with Gasteiger partial charge in [0.25, 0.3) is 11.8 Å². The first-order valence-corrected chi connectivity index (χ1v) is 21.3. The lowest BCUT2D eigenvalue weighted by Crippen LogP contribution is -2.54. The summed E-state index contributed by atoms with van der Waals surface area (Å²) < 4.78 is 17.9. The highest BCUT2D eigenvalue weighted by atomic mass is 16.5. The van der Waals surface area contributed by atoms with Gasteiger partial charge in [-0.25, -0.2) is 0 Å². The van der Waals surface area contributed by atoms with Gasteiger partial charge in [0.1, 0.15) is 29.8 Å². The van der Waals surface area contributed by atoms with Gasteiger partial charge in [-0.15, -0.1) is 0 Å². The molecule has 4 amide bonds. The summed E-state index contributed by atoms with van der Waals surface area (Å²) in [5.41, 5.74) is 5.12. The Hall–Kier alpha value is -5.88. The van der Waals surface area contributed by atoms with E-state index in [1.54, 1.807) is 30.5 Å². The SMILES string of the molecule is CCC(c1ccc(OCCCCCCCCOCCCCNc2ccc3c(c2)C(=O)N(C2CCC(=O)NC2=O)C3=O)cc1)c1ccc(OCc2ccnc(C(C)=O)c2)cc1. The fourth-order valence-corrected chi connectivity index (χ4v) is 7.63. The van der Waals surface area contributed by atoms with Gasteiger partial charge < -0.3 is 19.5 Å². The van der Waals surface area contributed by atoms with Crippen molar-refractivity contribution in [1.82, 2.24) is 15.2 Å². The zero-order valence-electron chi connectivity index (χ0n) is 34.7. The van der Waals surface area contributed by atoms with E-state index in [0.717, 1.165) is 79.2 Å². The molecule has 1 fully saturated rings. The number of amides is 4. The molecule has 12 heteroatoms. The third-order valence-corrected chi connectivity index (χ3v) is 11.0. The minimum Gasteiger partial charge on any atom is -0.494 e. The lowest BCUT2D eigenvalue weighted by Gasteiger charge is -2.27. The first-order valence-electron chi connectivity index (χ1n) is 21.3. The lowest BCUT2D eigenvalue weighted by molar-refractivity contribution is -0.136. The van der Waals surface area contributed by atoms with Gasteiger partial charge in [-0.05, 0) is 110 Å². The molecule has 2 aliphatic heterocycles. The molecule has 0 radical (unpaired) electrons. The predicted octanol–water partition coefficient (Wildman–Crippen LogP) is 8.43. The van der Waals surface area contributed by atoms with Gasteiger partial charge >= 0.3 is 0 Å². The molecule has 4 aromatic rings. The van der Waals surface area contributed by atoms with Crippen LogP contribution >= 0.6 is 0 Å². The number of rotatable bonds is 24. The van der Waals surface area contributed by atoms with Crippen LogP contribution in [0.4, 0.5) is 5.69 Å². The number of carbonyl (C=O) groups is 5. The average molecular weight is 817 g/mol. The van der Waals surface area contributed by atoms with Crippen LogP contribution in [0, 0.1) is 0 Å². The predicted molar refractivity (Wildman–Crippen MR) is 228 cm³/mol. The number of unbranched alkanes of at least 4 members (excludes halogenated alkanes) is 6. The quantitative estimate of drug-likeness (QED) is 0.0400. The molecule has 0 aliphatic carbocycles. The summed E-state index contributed by atoms with van der Waals surface area (Å²) in [5, 5.41) is 5.53. The van der Waals surface area contributed by atoms with Crippen molar-refractivity contribution in [3.05, 3.63) is 119 Å². The Morgan fingerprint density at radius 3 is 2.07 bits per heavy atom. The maximum Gasteiger partial charge on any atom is 0.262 e. The smallest absolute Gasteiger partial charge is 0.262 e. The van der Waals surface area contributed by atoms with Crippen LogP contribution < -0.4 is 20.1 Å². The number of benzene rings is 3. The van der Waals surface area contributed by atoms with Crippen LogP contribution in [0.3, 0.4) is 0 Å². The van der Waals surface area contributed by atoms with E-state index in [1.807, 2.05) is 18.2 Å². The summed E-state index contributed by atoms with van der Waals surface area (Å²) in [6, 6.07) is 24.4. The number of anilines is 1. The van der Waals surface area contributed by atoms with Gasteiger partial charge in [-0.3, -0.25) is 39.2 Å². The molecular formula is C48H56N4O8. The van der Waals surface area contributed by atoms with Crippen molar-refractivity contribution in [3.8, 4) is 11.5 Å². The van der Waals surface area contributed by atoms with Crippen LogP contribution in [0.5, 0.6) is 11.5 Å². The molecule has 2 aliphatic rings. The summed E-state index contributed by atoms with van der Waals surface area (Å²) in [6.07, 6.45) is 11.4. The fraction of sp³-hybridized carbons (Fsp3) is 0.417. The van der Waals surface area contributed by atoms with Crippen LogP contribution in [0.1, 0.15) is 138 Å². The van der Waals surface area contributed by atoms with Crippen LogP contribution in [0.2, 0.25) is 0 Å². The van der Waals surface area contributed by atoms with Crippen LogP contribution in [0.25, 0.3) is 0 Å². The minimum atomic E-state index is -0.968. The van der Waals surface area contributed by atoms with Crippen molar-refractivity contribution in [2.75, 3.05) is 31.7 Å². The van der Waals surface area contributed by atoms with Crippen molar-refractivity contribution in [2.24, 2.45) is 0 Å². The standard InChI is InChI=1S/C48H56N4O8/c1-3-40(36-14-19-39(20-15-36)60-32-34-24-26-50-43(30-34)33(2)53)35-12-17-38(18-13-35)59-29-10-7-5-4-6-9-27-58-28-11-8-25-49-37-16-21-41-42(31-37)48(57)52(47(41)56)44-22-23-45(54)51-46(44)55/h12-21,24,26,30-31,40,44,49H,3-11,22-23,25,27-29,32H2,1-2H3,(H,51,54,55). The molecule has 3 heterocycles. The van der Waals surface area contributed by atoms with Gasteiger partial charge in [-0.2, -0.15) is 0 Å². The number of nitrogens with zero attached hydrogens (tertiary/aromatic N) is 2. The second-order valence-corrected chi connectivity index (χ2v) is 15.4. The average Bonchev–Trinajstić information content (AvgIpc) is 3.50. The lowest BCUT2D eigenvalue weighted by atomic mass is 9.89. The molecular weight excluding hydrogens is 761 g/mol. The third-order valence-electron chi connectivity index (χ3n) is 11.0. The van der Waals surface area contributed by atoms with Gasteiger partial charge in [0.2, 0.25) is 11.8 Å². The van der Waals surface area contributed by atoms with Crippen molar-refractivity contribution < 1.29 is 38.2 Å². The molecule has 2 atom stereocenters. The number of nitrogens with one attached hydrogen (secondary N) is 2. The number of carbonyl (C=O) groups excluding carboxylic acids is 5. The monoisotopic (exact) mass is 816 g/mol. The molecule has 6 rings (SSSR count). The Balaban J connectivity index is 0.770. The Bertz CT molecular complexity index is 2100. The molecule has 1 saturated heterocycles. The number of Topliss-reactive ketones (excluding diaryl/α,β-unsaturated/α-hetero) is 1. The molecule has 0 saturated carbocycles. The van der Waals surface area contributed by atoms with Gasteiger partial charge in [-0.1, -0.05) is 56.9 Å². The molecule has 0 spiro atoms. The molecule has 2 unspecified atom stereocenters. The summed E-state index contributed by atoms with van der Waals surface area (Å²) in [5.74, 6) is -0.127.